The number of aromatic nitrogens is 3. The molecule has 0 aliphatic heterocycles. The van der Waals surface area contributed by atoms with E-state index in [9.17, 15) is 5.11 Å². The van der Waals surface area contributed by atoms with Gasteiger partial charge in [-0.15, -0.1) is 0 Å². The van der Waals surface area contributed by atoms with Crippen LogP contribution >= 0.6 is 0 Å². The van der Waals surface area contributed by atoms with Gasteiger partial charge in [-0.05, 0) is 18.1 Å². The van der Waals surface area contributed by atoms with Crippen molar-refractivity contribution in [3.63, 3.8) is 0 Å². The molecule has 100 valence electrons. The van der Waals surface area contributed by atoms with Gasteiger partial charge in [0.2, 0.25) is 5.82 Å². The number of hydrogen-bond donors (Lipinski definition) is 1. The summed E-state index contributed by atoms with van der Waals surface area (Å²) in [7, 11) is 0. The molecule has 0 amide bonds. The summed E-state index contributed by atoms with van der Waals surface area (Å²) in [4.78, 5) is 8.12. The van der Waals surface area contributed by atoms with E-state index in [0.717, 1.165) is 12.0 Å². The highest BCUT2D eigenvalue weighted by Crippen LogP contribution is 2.28. The molecule has 0 aliphatic rings. The molecule has 3 aromatic rings. The lowest BCUT2D eigenvalue weighted by Crippen LogP contribution is -1.84. The highest BCUT2D eigenvalue weighted by molar-refractivity contribution is 5.64. The quantitative estimate of drug-likeness (QED) is 0.789. The molecular formula is C15H13N3O2. The smallest absolute Gasteiger partial charge is 0.262 e. The van der Waals surface area contributed by atoms with Crippen LogP contribution in [0.25, 0.3) is 22.8 Å². The van der Waals surface area contributed by atoms with E-state index in [1.807, 2.05) is 24.3 Å². The first-order valence-electron chi connectivity index (χ1n) is 6.34. The molecule has 0 radical (unpaired) electrons. The zero-order valence-electron chi connectivity index (χ0n) is 10.9. The fourth-order valence-corrected chi connectivity index (χ4v) is 1.91. The Hall–Kier alpha value is -2.69. The summed E-state index contributed by atoms with van der Waals surface area (Å²) >= 11 is 0. The highest BCUT2D eigenvalue weighted by Gasteiger charge is 2.13. The van der Waals surface area contributed by atoms with E-state index in [-0.39, 0.29) is 11.6 Å². The molecule has 0 aliphatic carbocycles. The third kappa shape index (κ3) is 2.25. The molecule has 0 saturated heterocycles. The molecule has 20 heavy (non-hydrogen) atoms. The van der Waals surface area contributed by atoms with Crippen LogP contribution in [-0.4, -0.2) is 20.2 Å². The summed E-state index contributed by atoms with van der Waals surface area (Å²) in [6, 6.07) is 9.62. The van der Waals surface area contributed by atoms with Gasteiger partial charge < -0.3 is 9.63 Å². The van der Waals surface area contributed by atoms with E-state index in [0.29, 0.717) is 11.4 Å². The summed E-state index contributed by atoms with van der Waals surface area (Å²) in [5.41, 5.74) is 2.61. The Labute approximate surface area is 115 Å². The summed E-state index contributed by atoms with van der Waals surface area (Å²) in [6.07, 6.45) is 3.90. The van der Waals surface area contributed by atoms with Crippen LogP contribution < -0.4 is 0 Å². The summed E-state index contributed by atoms with van der Waals surface area (Å²) < 4.78 is 5.19. The second-order valence-corrected chi connectivity index (χ2v) is 4.37. The SMILES string of the molecule is CCc1ccc(-c2noc(-c3ccncc3O)n2)cc1. The molecule has 0 saturated carbocycles. The predicted octanol–water partition coefficient (Wildman–Crippen LogP) is 3.07. The average molecular weight is 267 g/mol. The Morgan fingerprint density at radius 2 is 1.95 bits per heavy atom. The number of nitrogens with zero attached hydrogens (tertiary/aromatic N) is 3. The van der Waals surface area contributed by atoms with Crippen LogP contribution in [0, 0.1) is 0 Å². The molecule has 3 rings (SSSR count). The normalized spacial score (nSPS) is 10.7. The fourth-order valence-electron chi connectivity index (χ4n) is 1.91. The number of rotatable bonds is 3. The van der Waals surface area contributed by atoms with Crippen LogP contribution in [0.4, 0.5) is 0 Å². The van der Waals surface area contributed by atoms with E-state index < -0.39 is 0 Å². The third-order valence-corrected chi connectivity index (χ3v) is 3.08. The Balaban J connectivity index is 1.95. The molecule has 2 heterocycles. The van der Waals surface area contributed by atoms with E-state index in [1.54, 1.807) is 12.3 Å². The molecule has 5 heteroatoms. The number of aromatic hydroxyl groups is 1. The maximum atomic E-state index is 9.72. The Morgan fingerprint density at radius 3 is 2.65 bits per heavy atom. The van der Waals surface area contributed by atoms with E-state index in [1.165, 1.54) is 11.8 Å². The van der Waals surface area contributed by atoms with Crippen LogP contribution in [0.5, 0.6) is 5.75 Å². The van der Waals surface area contributed by atoms with E-state index in [4.69, 9.17) is 4.52 Å². The van der Waals surface area contributed by atoms with Crippen LogP contribution in [0.15, 0.2) is 47.2 Å². The molecule has 0 fully saturated rings. The monoisotopic (exact) mass is 267 g/mol. The number of pyridine rings is 1. The van der Waals surface area contributed by atoms with Crippen molar-refractivity contribution in [2.24, 2.45) is 0 Å². The van der Waals surface area contributed by atoms with Gasteiger partial charge in [0.15, 0.2) is 0 Å². The van der Waals surface area contributed by atoms with Gasteiger partial charge in [-0.2, -0.15) is 4.98 Å². The number of aryl methyl sites for hydroxylation is 1. The molecule has 5 nitrogen and oxygen atoms in total. The standard InChI is InChI=1S/C15H13N3O2/c1-2-10-3-5-11(6-4-10)14-17-15(20-18-14)12-7-8-16-9-13(12)19/h3-9,19H,2H2,1H3. The lowest BCUT2D eigenvalue weighted by Gasteiger charge is -1.97. The lowest BCUT2D eigenvalue weighted by molar-refractivity contribution is 0.425. The second-order valence-electron chi connectivity index (χ2n) is 4.37. The van der Waals surface area contributed by atoms with Crippen molar-refractivity contribution in [1.29, 1.82) is 0 Å². The first-order chi connectivity index (χ1) is 9.78. The van der Waals surface area contributed by atoms with Gasteiger partial charge in [-0.1, -0.05) is 36.3 Å². The van der Waals surface area contributed by atoms with E-state index in [2.05, 4.69) is 22.0 Å². The fraction of sp³-hybridized carbons (Fsp3) is 0.133. The van der Waals surface area contributed by atoms with Crippen LogP contribution in [0.2, 0.25) is 0 Å². The van der Waals surface area contributed by atoms with Gasteiger partial charge in [0.05, 0.1) is 11.8 Å². The molecule has 0 unspecified atom stereocenters. The second kappa shape index (κ2) is 5.13. The minimum Gasteiger partial charge on any atom is -0.505 e. The van der Waals surface area contributed by atoms with Gasteiger partial charge >= 0.3 is 0 Å². The van der Waals surface area contributed by atoms with E-state index >= 15 is 0 Å². The first-order valence-corrected chi connectivity index (χ1v) is 6.34. The lowest BCUT2D eigenvalue weighted by atomic mass is 10.1. The van der Waals surface area contributed by atoms with Crippen molar-refractivity contribution in [1.82, 2.24) is 15.1 Å². The Morgan fingerprint density at radius 1 is 1.15 bits per heavy atom. The Kier molecular flexibility index (Phi) is 3.16. The highest BCUT2D eigenvalue weighted by atomic mass is 16.5. The van der Waals surface area contributed by atoms with Crippen molar-refractivity contribution < 1.29 is 9.63 Å². The predicted molar refractivity (Wildman–Crippen MR) is 74.0 cm³/mol. The molecule has 1 N–H and O–H groups in total. The zero-order chi connectivity index (χ0) is 13.9. The molecule has 0 bridgehead atoms. The van der Waals surface area contributed by atoms with Crippen molar-refractivity contribution in [2.75, 3.05) is 0 Å². The summed E-state index contributed by atoms with van der Waals surface area (Å²) in [5, 5.41) is 13.7. The number of benzene rings is 1. The van der Waals surface area contributed by atoms with Crippen LogP contribution in [-0.2, 0) is 6.42 Å². The summed E-state index contributed by atoms with van der Waals surface area (Å²) in [5.74, 6) is 0.794. The van der Waals surface area contributed by atoms with Gasteiger partial charge in [-0.3, -0.25) is 4.98 Å². The molecule has 1 aromatic carbocycles. The molecule has 0 spiro atoms. The van der Waals surface area contributed by atoms with Crippen LogP contribution in [0.1, 0.15) is 12.5 Å². The third-order valence-electron chi connectivity index (χ3n) is 3.08. The molecule has 0 atom stereocenters. The van der Waals surface area contributed by atoms with Gasteiger partial charge in [-0.25, -0.2) is 0 Å². The summed E-state index contributed by atoms with van der Waals surface area (Å²) in [6.45, 7) is 2.10. The van der Waals surface area contributed by atoms with Crippen molar-refractivity contribution in [3.05, 3.63) is 48.3 Å². The van der Waals surface area contributed by atoms with Gasteiger partial charge in [0.25, 0.3) is 5.89 Å². The zero-order valence-corrected chi connectivity index (χ0v) is 10.9. The first kappa shape index (κ1) is 12.3. The minimum atomic E-state index is 0.0176. The minimum absolute atomic E-state index is 0.0176. The topological polar surface area (TPSA) is 72.0 Å². The maximum absolute atomic E-state index is 9.72. The van der Waals surface area contributed by atoms with Crippen molar-refractivity contribution >= 4 is 0 Å². The van der Waals surface area contributed by atoms with Crippen molar-refractivity contribution in [2.45, 2.75) is 13.3 Å². The van der Waals surface area contributed by atoms with Crippen LogP contribution in [0.3, 0.4) is 0 Å². The number of hydrogen-bond acceptors (Lipinski definition) is 5. The average Bonchev–Trinajstić information content (AvgIpc) is 2.97. The van der Waals surface area contributed by atoms with Crippen molar-refractivity contribution in [3.8, 4) is 28.6 Å². The van der Waals surface area contributed by atoms with Gasteiger partial charge in [0, 0.05) is 11.8 Å². The molecule has 2 aromatic heterocycles. The Bertz CT molecular complexity index is 720. The maximum Gasteiger partial charge on any atom is 0.262 e. The van der Waals surface area contributed by atoms with Gasteiger partial charge in [0.1, 0.15) is 5.75 Å². The molecular weight excluding hydrogens is 254 g/mol. The largest absolute Gasteiger partial charge is 0.505 e.